The Morgan fingerprint density at radius 3 is 1.10 bits per heavy atom. The molecule has 11 rings (SSSR count). The zero-order chi connectivity index (χ0) is 39.1. The van der Waals surface area contributed by atoms with Crippen LogP contribution in [0.4, 0.5) is 34.1 Å². The van der Waals surface area contributed by atoms with Crippen molar-refractivity contribution >= 4 is 99.5 Å². The summed E-state index contributed by atoms with van der Waals surface area (Å²) in [5.41, 5.74) is 15.0. The zero-order valence-corrected chi connectivity index (χ0v) is 32.9. The van der Waals surface area contributed by atoms with Crippen LogP contribution in [0.3, 0.4) is 0 Å². The zero-order valence-electron chi connectivity index (χ0n) is 32.9. The highest BCUT2D eigenvalue weighted by molar-refractivity contribution is 6.21. The molecule has 9 aromatic carbocycles. The third-order valence-corrected chi connectivity index (χ3v) is 12.0. The van der Waals surface area contributed by atoms with Crippen LogP contribution < -0.4 is 9.80 Å². The van der Waals surface area contributed by atoms with Crippen molar-refractivity contribution in [2.45, 2.75) is 27.7 Å². The summed E-state index contributed by atoms with van der Waals surface area (Å²) in [5.74, 6) is 0. The van der Waals surface area contributed by atoms with Gasteiger partial charge in [-0.2, -0.15) is 0 Å². The van der Waals surface area contributed by atoms with Crippen LogP contribution in [0.2, 0.25) is 0 Å². The average molecular weight is 749 g/mol. The van der Waals surface area contributed by atoms with Crippen molar-refractivity contribution in [3.05, 3.63) is 192 Å². The second kappa shape index (κ2) is 13.1. The van der Waals surface area contributed by atoms with E-state index in [2.05, 4.69) is 207 Å². The molecule has 0 unspecified atom stereocenters. The van der Waals surface area contributed by atoms with Gasteiger partial charge in [-0.15, -0.1) is 0 Å². The highest BCUT2D eigenvalue weighted by Gasteiger charge is 2.20. The Kier molecular flexibility index (Phi) is 7.70. The number of aryl methyl sites for hydroxylation is 4. The Balaban J connectivity index is 1.03. The lowest BCUT2D eigenvalue weighted by Crippen LogP contribution is -2.10. The molecule has 0 spiro atoms. The predicted octanol–water partition coefficient (Wildman–Crippen LogP) is 16.0. The van der Waals surface area contributed by atoms with Crippen molar-refractivity contribution in [1.82, 2.24) is 0 Å². The van der Waals surface area contributed by atoms with Gasteiger partial charge in [-0.1, -0.05) is 60.7 Å². The van der Waals surface area contributed by atoms with E-state index in [4.69, 9.17) is 8.83 Å². The van der Waals surface area contributed by atoms with Gasteiger partial charge in [0.05, 0.1) is 0 Å². The average Bonchev–Trinajstić information content (AvgIpc) is 3.80. The molecule has 0 aliphatic rings. The van der Waals surface area contributed by atoms with Crippen LogP contribution >= 0.6 is 0 Å². The van der Waals surface area contributed by atoms with E-state index in [1.165, 1.54) is 22.3 Å². The van der Waals surface area contributed by atoms with Crippen LogP contribution in [0.1, 0.15) is 22.3 Å². The van der Waals surface area contributed by atoms with Crippen LogP contribution in [-0.2, 0) is 0 Å². The molecule has 4 heteroatoms. The summed E-state index contributed by atoms with van der Waals surface area (Å²) in [6.45, 7) is 8.66. The topological polar surface area (TPSA) is 32.8 Å². The lowest BCUT2D eigenvalue weighted by Gasteiger charge is -2.26. The third kappa shape index (κ3) is 5.52. The van der Waals surface area contributed by atoms with Crippen molar-refractivity contribution in [1.29, 1.82) is 0 Å². The molecule has 2 aromatic heterocycles. The molecule has 0 amide bonds. The van der Waals surface area contributed by atoms with Crippen molar-refractivity contribution in [2.75, 3.05) is 9.80 Å². The van der Waals surface area contributed by atoms with Gasteiger partial charge in [0.25, 0.3) is 0 Å². The molecule has 0 radical (unpaired) electrons. The maximum Gasteiger partial charge on any atom is 0.178 e. The van der Waals surface area contributed by atoms with Crippen molar-refractivity contribution < 1.29 is 8.83 Å². The third-order valence-electron chi connectivity index (χ3n) is 12.0. The monoisotopic (exact) mass is 748 g/mol. The summed E-state index contributed by atoms with van der Waals surface area (Å²) in [4.78, 5) is 4.64. The van der Waals surface area contributed by atoms with Gasteiger partial charge < -0.3 is 18.6 Å². The molecule has 2 heterocycles. The molecule has 0 bridgehead atoms. The summed E-state index contributed by atoms with van der Waals surface area (Å²) < 4.78 is 13.5. The molecular formula is C54H40N2O2. The summed E-state index contributed by atoms with van der Waals surface area (Å²) in [7, 11) is 0. The number of hydrogen-bond acceptors (Lipinski definition) is 4. The second-order valence-electron chi connectivity index (χ2n) is 15.7. The van der Waals surface area contributed by atoms with Gasteiger partial charge in [-0.05, 0) is 181 Å². The smallest absolute Gasteiger partial charge is 0.178 e. The van der Waals surface area contributed by atoms with Gasteiger partial charge in [0, 0.05) is 55.7 Å². The number of nitrogens with zero attached hydrogens (tertiary/aromatic N) is 2. The second-order valence-corrected chi connectivity index (χ2v) is 15.7. The Morgan fingerprint density at radius 1 is 0.293 bits per heavy atom. The SMILES string of the molecule is Cc1ccc(N(c2ccccc2)c2ccc3cc4c(cc3c2)oc2c4ccc3c4cc5ccc(N(c6ccccc6)c6ccc(C)c(C)c6)cc5cc4oc32)cc1C. The molecule has 0 atom stereocenters. The van der Waals surface area contributed by atoms with Gasteiger partial charge in [-0.3, -0.25) is 0 Å². The van der Waals surface area contributed by atoms with Gasteiger partial charge >= 0.3 is 0 Å². The fourth-order valence-corrected chi connectivity index (χ4v) is 8.58. The van der Waals surface area contributed by atoms with E-state index in [0.717, 1.165) is 99.5 Å². The van der Waals surface area contributed by atoms with Gasteiger partial charge in [0.2, 0.25) is 0 Å². The van der Waals surface area contributed by atoms with E-state index in [1.807, 2.05) is 0 Å². The van der Waals surface area contributed by atoms with E-state index < -0.39 is 0 Å². The normalized spacial score (nSPS) is 11.8. The van der Waals surface area contributed by atoms with E-state index in [0.29, 0.717) is 0 Å². The van der Waals surface area contributed by atoms with E-state index in [-0.39, 0.29) is 0 Å². The largest absolute Gasteiger partial charge is 0.452 e. The molecule has 11 aromatic rings. The molecule has 0 saturated heterocycles. The summed E-state index contributed by atoms with van der Waals surface area (Å²) in [6, 6.07) is 61.1. The van der Waals surface area contributed by atoms with Crippen molar-refractivity contribution in [2.24, 2.45) is 0 Å². The number of hydrogen-bond donors (Lipinski definition) is 0. The minimum Gasteiger partial charge on any atom is -0.452 e. The Morgan fingerprint density at radius 2 is 0.690 bits per heavy atom. The first-order valence-corrected chi connectivity index (χ1v) is 19.9. The Labute approximate surface area is 336 Å². The van der Waals surface area contributed by atoms with Gasteiger partial charge in [-0.25, -0.2) is 0 Å². The highest BCUT2D eigenvalue weighted by Crippen LogP contribution is 2.43. The maximum atomic E-state index is 6.75. The van der Waals surface area contributed by atoms with E-state index in [1.54, 1.807) is 0 Å². The standard InChI is InChI=1S/C54H40N2O2/c1-33-15-19-43(25-35(33)3)55(41-11-7-5-8-12-41)45-21-17-37-29-49-47-23-24-48-50-30-38-18-22-46(56(42-13-9-6-10-14-42)44-20-16-34(2)36(4)26-44)28-40(38)32-52(50)58-54(48)53(47)57-51(49)31-39(37)27-45/h5-32H,1-4H3. The number of fused-ring (bicyclic) bond motifs is 9. The lowest BCUT2D eigenvalue weighted by molar-refractivity contribution is 0.634. The lowest BCUT2D eigenvalue weighted by atomic mass is 10.0. The highest BCUT2D eigenvalue weighted by atomic mass is 16.4. The molecule has 0 N–H and O–H groups in total. The minimum absolute atomic E-state index is 0.773. The fraction of sp³-hybridized carbons (Fsp3) is 0.0741. The fourth-order valence-electron chi connectivity index (χ4n) is 8.58. The molecule has 4 nitrogen and oxygen atoms in total. The molecule has 58 heavy (non-hydrogen) atoms. The van der Waals surface area contributed by atoms with Crippen LogP contribution in [0.25, 0.3) is 65.4 Å². The van der Waals surface area contributed by atoms with E-state index in [9.17, 15) is 0 Å². The molecule has 278 valence electrons. The summed E-state index contributed by atoms with van der Waals surface area (Å²) in [5, 5.41) is 8.79. The molecule has 0 aliphatic carbocycles. The first-order chi connectivity index (χ1) is 28.4. The van der Waals surface area contributed by atoms with E-state index >= 15 is 0 Å². The van der Waals surface area contributed by atoms with Crippen molar-refractivity contribution in [3.63, 3.8) is 0 Å². The first kappa shape index (κ1) is 34.0. The molecule has 0 saturated carbocycles. The molecular weight excluding hydrogens is 709 g/mol. The van der Waals surface area contributed by atoms with Gasteiger partial charge in [0.15, 0.2) is 11.2 Å². The number of furan rings is 2. The van der Waals surface area contributed by atoms with Crippen LogP contribution in [0, 0.1) is 27.7 Å². The predicted molar refractivity (Wildman–Crippen MR) is 244 cm³/mol. The first-order valence-electron chi connectivity index (χ1n) is 19.9. The summed E-state index contributed by atoms with van der Waals surface area (Å²) >= 11 is 0. The number of para-hydroxylation sites is 2. The Hall–Kier alpha value is -7.30. The minimum atomic E-state index is 0.773. The Bertz CT molecular complexity index is 3170. The molecule has 0 fully saturated rings. The van der Waals surface area contributed by atoms with Crippen LogP contribution in [0.15, 0.2) is 179 Å². The van der Waals surface area contributed by atoms with Crippen LogP contribution in [-0.4, -0.2) is 0 Å². The maximum absolute atomic E-state index is 6.75. The number of anilines is 6. The quantitative estimate of drug-likeness (QED) is 0.170. The summed E-state index contributed by atoms with van der Waals surface area (Å²) in [6.07, 6.45) is 0. The van der Waals surface area contributed by atoms with Gasteiger partial charge in [0.1, 0.15) is 11.2 Å². The van der Waals surface area contributed by atoms with Crippen molar-refractivity contribution in [3.8, 4) is 0 Å². The molecule has 0 aliphatic heterocycles. The number of rotatable bonds is 6. The number of benzene rings is 9. The van der Waals surface area contributed by atoms with Crippen LogP contribution in [0.5, 0.6) is 0 Å².